The molecule has 2 aromatic rings. The van der Waals surface area contributed by atoms with Gasteiger partial charge < -0.3 is 4.90 Å². The number of hydrogen-bond acceptors (Lipinski definition) is 4. The summed E-state index contributed by atoms with van der Waals surface area (Å²) < 4.78 is 0. The molecule has 1 fully saturated rings. The van der Waals surface area contributed by atoms with Crippen LogP contribution in [-0.2, 0) is 6.42 Å². The quantitative estimate of drug-likeness (QED) is 0.875. The van der Waals surface area contributed by atoms with E-state index in [0.29, 0.717) is 11.6 Å². The Labute approximate surface area is 128 Å². The van der Waals surface area contributed by atoms with Crippen molar-refractivity contribution < 1.29 is 4.79 Å². The van der Waals surface area contributed by atoms with Crippen molar-refractivity contribution in [2.75, 3.05) is 13.1 Å². The number of carbonyl (C=O) groups excluding carboxylic acids is 1. The highest BCUT2D eigenvalue weighted by atomic mass is 32.1. The third-order valence-corrected chi connectivity index (χ3v) is 4.77. The Morgan fingerprint density at radius 2 is 2.33 bits per heavy atom. The second kappa shape index (κ2) is 6.35. The molecule has 1 aliphatic rings. The summed E-state index contributed by atoms with van der Waals surface area (Å²) in [6.07, 6.45) is 6.75. The van der Waals surface area contributed by atoms with Crippen molar-refractivity contribution in [3.63, 3.8) is 0 Å². The molecular weight excluding hydrogens is 282 g/mol. The lowest BCUT2D eigenvalue weighted by Crippen LogP contribution is -2.41. The van der Waals surface area contributed by atoms with E-state index in [-0.39, 0.29) is 5.91 Å². The predicted octanol–water partition coefficient (Wildman–Crippen LogP) is 2.94. The predicted molar refractivity (Wildman–Crippen MR) is 83.4 cm³/mol. The molecule has 0 bridgehead atoms. The Morgan fingerprint density at radius 1 is 1.43 bits per heavy atom. The summed E-state index contributed by atoms with van der Waals surface area (Å²) in [4.78, 5) is 23.2. The molecule has 0 spiro atoms. The normalized spacial score (nSPS) is 18.7. The van der Waals surface area contributed by atoms with Crippen LogP contribution in [-0.4, -0.2) is 33.9 Å². The molecule has 1 saturated heterocycles. The molecule has 2 aromatic heterocycles. The zero-order chi connectivity index (χ0) is 14.7. The van der Waals surface area contributed by atoms with E-state index >= 15 is 0 Å². The number of rotatable bonds is 3. The van der Waals surface area contributed by atoms with Gasteiger partial charge in [0.15, 0.2) is 0 Å². The molecule has 21 heavy (non-hydrogen) atoms. The molecular formula is C16H19N3OS. The number of aromatic nitrogens is 2. The lowest BCUT2D eigenvalue weighted by Gasteiger charge is -2.32. The summed E-state index contributed by atoms with van der Waals surface area (Å²) in [5, 5.41) is 3.18. The molecule has 1 aliphatic heterocycles. The van der Waals surface area contributed by atoms with Crippen LogP contribution in [0.25, 0.3) is 0 Å². The molecule has 3 heterocycles. The van der Waals surface area contributed by atoms with E-state index in [9.17, 15) is 4.79 Å². The van der Waals surface area contributed by atoms with Crippen LogP contribution < -0.4 is 0 Å². The molecule has 110 valence electrons. The summed E-state index contributed by atoms with van der Waals surface area (Å²) in [7, 11) is 0. The molecule has 5 heteroatoms. The zero-order valence-corrected chi connectivity index (χ0v) is 13.0. The number of pyridine rings is 1. The minimum absolute atomic E-state index is 0.0666. The lowest BCUT2D eigenvalue weighted by molar-refractivity contribution is 0.0666. The number of hydrogen-bond donors (Lipinski definition) is 0. The maximum atomic E-state index is 12.6. The highest BCUT2D eigenvalue weighted by Crippen LogP contribution is 2.23. The second-order valence-corrected chi connectivity index (χ2v) is 6.54. The van der Waals surface area contributed by atoms with Gasteiger partial charge in [-0.05, 0) is 37.3 Å². The number of piperidine rings is 1. The van der Waals surface area contributed by atoms with Crippen LogP contribution in [0.5, 0.6) is 0 Å². The molecule has 3 rings (SSSR count). The summed E-state index contributed by atoms with van der Waals surface area (Å²) >= 11 is 1.70. The van der Waals surface area contributed by atoms with Crippen molar-refractivity contribution >= 4 is 17.2 Å². The molecule has 0 unspecified atom stereocenters. The van der Waals surface area contributed by atoms with E-state index in [1.54, 1.807) is 17.5 Å². The third-order valence-electron chi connectivity index (χ3n) is 3.96. The van der Waals surface area contributed by atoms with Crippen LogP contribution in [0, 0.1) is 12.8 Å². The van der Waals surface area contributed by atoms with Gasteiger partial charge >= 0.3 is 0 Å². The maximum absolute atomic E-state index is 12.6. The fraction of sp³-hybridized carbons (Fsp3) is 0.438. The number of carbonyl (C=O) groups is 1. The van der Waals surface area contributed by atoms with Gasteiger partial charge in [0.1, 0.15) is 5.69 Å². The van der Waals surface area contributed by atoms with Crippen LogP contribution in [0.3, 0.4) is 0 Å². The summed E-state index contributed by atoms with van der Waals surface area (Å²) in [6, 6.07) is 3.81. The minimum Gasteiger partial charge on any atom is -0.337 e. The van der Waals surface area contributed by atoms with E-state index in [2.05, 4.69) is 9.97 Å². The average molecular weight is 301 g/mol. The van der Waals surface area contributed by atoms with E-state index < -0.39 is 0 Å². The highest BCUT2D eigenvalue weighted by Gasteiger charge is 2.26. The maximum Gasteiger partial charge on any atom is 0.272 e. The first-order valence-corrected chi connectivity index (χ1v) is 8.21. The molecule has 0 aromatic carbocycles. The number of likely N-dealkylation sites (tertiary alicyclic amines) is 1. The van der Waals surface area contributed by atoms with Gasteiger partial charge in [0, 0.05) is 37.3 Å². The first-order valence-electron chi connectivity index (χ1n) is 7.33. The van der Waals surface area contributed by atoms with Gasteiger partial charge in [-0.1, -0.05) is 6.07 Å². The van der Waals surface area contributed by atoms with E-state index in [0.717, 1.165) is 31.5 Å². The minimum atomic E-state index is 0.0666. The Balaban J connectivity index is 1.68. The molecule has 0 saturated carbocycles. The first-order chi connectivity index (χ1) is 10.2. The number of nitrogens with zero attached hydrogens (tertiary/aromatic N) is 3. The monoisotopic (exact) mass is 301 g/mol. The Morgan fingerprint density at radius 3 is 3.10 bits per heavy atom. The largest absolute Gasteiger partial charge is 0.337 e. The summed E-state index contributed by atoms with van der Waals surface area (Å²) in [6.45, 7) is 3.59. The fourth-order valence-corrected chi connectivity index (χ4v) is 3.61. The standard InChI is InChI=1S/C16H19N3OS/c1-12-4-2-6-18-15(12)16(20)19-8-3-5-13(11-19)10-14-17-7-9-21-14/h2,4,6-7,9,13H,3,5,8,10-11H2,1H3/t13-/m0/s1. The van der Waals surface area contributed by atoms with Crippen LogP contribution >= 0.6 is 11.3 Å². The van der Waals surface area contributed by atoms with Crippen LogP contribution in [0.2, 0.25) is 0 Å². The highest BCUT2D eigenvalue weighted by molar-refractivity contribution is 7.09. The topological polar surface area (TPSA) is 46.1 Å². The van der Waals surface area contributed by atoms with Gasteiger partial charge in [-0.15, -0.1) is 11.3 Å². The number of thiazole rings is 1. The van der Waals surface area contributed by atoms with E-state index in [4.69, 9.17) is 0 Å². The molecule has 0 N–H and O–H groups in total. The number of amides is 1. The van der Waals surface area contributed by atoms with Crippen LogP contribution in [0.4, 0.5) is 0 Å². The molecule has 0 aliphatic carbocycles. The fourth-order valence-electron chi connectivity index (χ4n) is 2.88. The second-order valence-electron chi connectivity index (χ2n) is 5.56. The molecule has 1 atom stereocenters. The van der Waals surface area contributed by atoms with Crippen molar-refractivity contribution in [2.45, 2.75) is 26.2 Å². The smallest absolute Gasteiger partial charge is 0.272 e. The van der Waals surface area contributed by atoms with Gasteiger partial charge in [-0.2, -0.15) is 0 Å². The Hall–Kier alpha value is -1.75. The van der Waals surface area contributed by atoms with Gasteiger partial charge in [0.25, 0.3) is 5.91 Å². The van der Waals surface area contributed by atoms with Crippen molar-refractivity contribution in [2.24, 2.45) is 5.92 Å². The molecule has 0 radical (unpaired) electrons. The Bertz CT molecular complexity index is 612. The Kier molecular flexibility index (Phi) is 4.29. The van der Waals surface area contributed by atoms with Crippen molar-refractivity contribution in [1.82, 2.24) is 14.9 Å². The summed E-state index contributed by atoms with van der Waals surface area (Å²) in [5.74, 6) is 0.579. The van der Waals surface area contributed by atoms with Crippen LogP contribution in [0.1, 0.15) is 33.9 Å². The van der Waals surface area contributed by atoms with Gasteiger partial charge in [0.2, 0.25) is 0 Å². The van der Waals surface area contributed by atoms with Crippen molar-refractivity contribution in [3.05, 3.63) is 46.2 Å². The lowest BCUT2D eigenvalue weighted by atomic mass is 9.94. The first kappa shape index (κ1) is 14.2. The third kappa shape index (κ3) is 3.29. The van der Waals surface area contributed by atoms with Crippen molar-refractivity contribution in [3.8, 4) is 0 Å². The summed E-state index contributed by atoms with van der Waals surface area (Å²) in [5.41, 5.74) is 1.54. The SMILES string of the molecule is Cc1cccnc1C(=O)N1CCC[C@@H](Cc2nccs2)C1. The average Bonchev–Trinajstić information content (AvgIpc) is 3.00. The molecule has 4 nitrogen and oxygen atoms in total. The van der Waals surface area contributed by atoms with Crippen molar-refractivity contribution in [1.29, 1.82) is 0 Å². The van der Waals surface area contributed by atoms with Gasteiger partial charge in [0.05, 0.1) is 5.01 Å². The van der Waals surface area contributed by atoms with E-state index in [1.807, 2.05) is 35.5 Å². The van der Waals surface area contributed by atoms with Gasteiger partial charge in [-0.25, -0.2) is 4.98 Å². The van der Waals surface area contributed by atoms with Gasteiger partial charge in [-0.3, -0.25) is 9.78 Å². The van der Waals surface area contributed by atoms with E-state index in [1.165, 1.54) is 11.4 Å². The number of aryl methyl sites for hydroxylation is 1. The van der Waals surface area contributed by atoms with Crippen LogP contribution in [0.15, 0.2) is 29.9 Å². The zero-order valence-electron chi connectivity index (χ0n) is 12.2. The molecule has 1 amide bonds.